The van der Waals surface area contributed by atoms with E-state index in [1.54, 1.807) is 24.3 Å². The number of hydrogen-bond donors (Lipinski definition) is 1. The molecule has 0 aliphatic heterocycles. The monoisotopic (exact) mass is 527 g/mol. The van der Waals surface area contributed by atoms with E-state index in [0.717, 1.165) is 37.7 Å². The van der Waals surface area contributed by atoms with Crippen molar-refractivity contribution in [1.29, 1.82) is 0 Å². The molecule has 0 aromatic heterocycles. The molecule has 0 spiro atoms. The Balaban J connectivity index is 2.15. The summed E-state index contributed by atoms with van der Waals surface area (Å²) in [7, 11) is -5.11. The number of hydrogen-bond acceptors (Lipinski definition) is 5. The maximum atomic E-state index is 12.3. The summed E-state index contributed by atoms with van der Waals surface area (Å²) in [4.78, 5) is 34.1. The minimum absolute atomic E-state index is 0.170. The van der Waals surface area contributed by atoms with E-state index < -0.39 is 13.9 Å². The van der Waals surface area contributed by atoms with Crippen molar-refractivity contribution in [3.8, 4) is 0 Å². The molecule has 0 radical (unpaired) electrons. The molecule has 6 nitrogen and oxygen atoms in total. The number of amides is 1. The lowest BCUT2D eigenvalue weighted by Crippen LogP contribution is -2.40. The number of phosphoric ester groups is 1. The van der Waals surface area contributed by atoms with Crippen LogP contribution in [0.25, 0.3) is 0 Å². The third-order valence-electron chi connectivity index (χ3n) is 5.86. The Kier molecular flexibility index (Phi) is 18.2. The van der Waals surface area contributed by atoms with E-state index in [9.17, 15) is 19.1 Å². The molecule has 1 atom stereocenters. The molecule has 200 valence electrons. The fraction of sp³-hybridized carbons (Fsp3) is 0.667. The highest BCUT2D eigenvalue weighted by atomic mass is 35.5. The molecule has 0 saturated carbocycles. The number of halogens is 1. The van der Waals surface area contributed by atoms with Crippen molar-refractivity contribution in [2.24, 2.45) is 0 Å². The lowest BCUT2D eigenvalue weighted by molar-refractivity contribution is -0.342. The lowest BCUT2D eigenvalue weighted by atomic mass is 10.1. The van der Waals surface area contributed by atoms with Crippen LogP contribution in [0.2, 0.25) is 5.02 Å². The van der Waals surface area contributed by atoms with Crippen LogP contribution in [0.15, 0.2) is 36.4 Å². The molecule has 1 N–H and O–H groups in total. The number of benzene rings is 1. The van der Waals surface area contributed by atoms with Crippen molar-refractivity contribution >= 4 is 25.3 Å². The Labute approximate surface area is 217 Å². The Hall–Kier alpha value is -1.17. The summed E-state index contributed by atoms with van der Waals surface area (Å²) in [5, 5.41) is 3.38. The zero-order valence-corrected chi connectivity index (χ0v) is 22.9. The average Bonchev–Trinajstić information content (AvgIpc) is 2.81. The third-order valence-corrected chi connectivity index (χ3v) is 6.58. The molecule has 0 aliphatic rings. The van der Waals surface area contributed by atoms with Crippen LogP contribution in [-0.2, 0) is 20.3 Å². The minimum Gasteiger partial charge on any atom is -0.790 e. The zero-order chi connectivity index (χ0) is 25.8. The maximum Gasteiger partial charge on any atom is 0.220 e. The van der Waals surface area contributed by atoms with Crippen molar-refractivity contribution in [3.05, 3.63) is 47.0 Å². The van der Waals surface area contributed by atoms with Gasteiger partial charge in [0.05, 0.1) is 20.5 Å². The molecule has 0 bridgehead atoms. The van der Waals surface area contributed by atoms with Gasteiger partial charge in [0.25, 0.3) is 0 Å². The third kappa shape index (κ3) is 19.7. The standard InChI is InChI=1S/C27H45ClNO5P/c1-2-3-4-5-6-7-8-9-10-11-12-13-14-15-16-17-27(30)29-26(23-34-35(31,32)33)22-24-18-20-25(28)21-19-24/h9-10,18-21,26H,2-8,11-17,22-23H2,1H3,(H,29,30)(H2,31,32,33)/p-2/b10-9-/t26-/m1/s1. The summed E-state index contributed by atoms with van der Waals surface area (Å²) in [6.07, 6.45) is 20.8. The van der Waals surface area contributed by atoms with Crippen LogP contribution in [0.4, 0.5) is 0 Å². The molecule has 8 heteroatoms. The molecule has 0 unspecified atom stereocenters. The van der Waals surface area contributed by atoms with Crippen molar-refractivity contribution in [3.63, 3.8) is 0 Å². The molecule has 1 aromatic rings. The van der Waals surface area contributed by atoms with Gasteiger partial charge in [0.2, 0.25) is 5.91 Å². The van der Waals surface area contributed by atoms with Gasteiger partial charge in [0.1, 0.15) is 0 Å². The van der Waals surface area contributed by atoms with Gasteiger partial charge in [0, 0.05) is 11.4 Å². The first kappa shape index (κ1) is 31.9. The highest BCUT2D eigenvalue weighted by Gasteiger charge is 2.14. The van der Waals surface area contributed by atoms with Crippen LogP contribution < -0.4 is 15.1 Å². The van der Waals surface area contributed by atoms with E-state index in [-0.39, 0.29) is 12.5 Å². The van der Waals surface area contributed by atoms with Crippen LogP contribution in [0.1, 0.15) is 102 Å². The lowest BCUT2D eigenvalue weighted by Gasteiger charge is -2.31. The number of phosphoric acid groups is 1. The van der Waals surface area contributed by atoms with Crippen LogP contribution in [0.5, 0.6) is 0 Å². The van der Waals surface area contributed by atoms with E-state index in [0.29, 0.717) is 17.9 Å². The summed E-state index contributed by atoms with van der Waals surface area (Å²) in [6, 6.07) is 6.41. The highest BCUT2D eigenvalue weighted by Crippen LogP contribution is 2.25. The molecular weight excluding hydrogens is 485 g/mol. The summed E-state index contributed by atoms with van der Waals surface area (Å²) < 4.78 is 15.3. The van der Waals surface area contributed by atoms with Crippen molar-refractivity contribution in [2.75, 3.05) is 6.61 Å². The van der Waals surface area contributed by atoms with Gasteiger partial charge < -0.3 is 24.2 Å². The second-order valence-electron chi connectivity index (χ2n) is 9.17. The first-order valence-corrected chi connectivity index (χ1v) is 15.0. The molecule has 0 saturated heterocycles. The molecule has 0 fully saturated rings. The zero-order valence-electron chi connectivity index (χ0n) is 21.2. The minimum atomic E-state index is -5.11. The topological polar surface area (TPSA) is 102 Å². The average molecular weight is 528 g/mol. The van der Waals surface area contributed by atoms with E-state index in [1.807, 2.05) is 0 Å². The molecule has 1 rings (SSSR count). The second kappa shape index (κ2) is 20.0. The van der Waals surface area contributed by atoms with Crippen LogP contribution in [-0.4, -0.2) is 18.6 Å². The predicted octanol–water partition coefficient (Wildman–Crippen LogP) is 6.25. The number of carbonyl (C=O) groups excluding carboxylic acids is 1. The van der Waals surface area contributed by atoms with E-state index in [2.05, 4.69) is 28.9 Å². The Bertz CT molecular complexity index is 750. The summed E-state index contributed by atoms with van der Waals surface area (Å²) in [5.41, 5.74) is 0.857. The fourth-order valence-electron chi connectivity index (χ4n) is 3.89. The molecule has 1 amide bonds. The Morgan fingerprint density at radius 3 is 2.06 bits per heavy atom. The quantitative estimate of drug-likeness (QED) is 0.116. The molecule has 1 aromatic carbocycles. The number of rotatable bonds is 21. The second-order valence-corrected chi connectivity index (χ2v) is 10.8. The van der Waals surface area contributed by atoms with Crippen molar-refractivity contribution in [1.82, 2.24) is 5.32 Å². The first-order chi connectivity index (χ1) is 16.8. The number of unbranched alkanes of at least 4 members (excludes halogenated alkanes) is 11. The van der Waals surface area contributed by atoms with Gasteiger partial charge >= 0.3 is 0 Å². The SMILES string of the molecule is CCCCCCCC/C=C\CCCCCCCC(=O)N[C@@H](COP(=O)([O-])[O-])Cc1ccc(Cl)cc1. The summed E-state index contributed by atoms with van der Waals surface area (Å²) >= 11 is 5.89. The van der Waals surface area contributed by atoms with Crippen molar-refractivity contribution in [2.45, 2.75) is 109 Å². The summed E-state index contributed by atoms with van der Waals surface area (Å²) in [6.45, 7) is 1.86. The van der Waals surface area contributed by atoms with Crippen LogP contribution in [0, 0.1) is 0 Å². The summed E-state index contributed by atoms with van der Waals surface area (Å²) in [5.74, 6) is -0.170. The van der Waals surface area contributed by atoms with Gasteiger partial charge in [-0.1, -0.05) is 94.2 Å². The maximum absolute atomic E-state index is 12.3. The van der Waals surface area contributed by atoms with Crippen molar-refractivity contribution < 1.29 is 23.7 Å². The van der Waals surface area contributed by atoms with Gasteiger partial charge in [-0.3, -0.25) is 4.79 Å². The largest absolute Gasteiger partial charge is 0.790 e. The Morgan fingerprint density at radius 2 is 1.49 bits per heavy atom. The van der Waals surface area contributed by atoms with E-state index >= 15 is 0 Å². The highest BCUT2D eigenvalue weighted by molar-refractivity contribution is 7.43. The Morgan fingerprint density at radius 1 is 0.943 bits per heavy atom. The first-order valence-electron chi connectivity index (χ1n) is 13.2. The van der Waals surface area contributed by atoms with E-state index in [1.165, 1.54) is 51.4 Å². The molecule has 35 heavy (non-hydrogen) atoms. The van der Waals surface area contributed by atoms with E-state index in [4.69, 9.17) is 11.6 Å². The number of allylic oxidation sites excluding steroid dienone is 2. The predicted molar refractivity (Wildman–Crippen MR) is 140 cm³/mol. The van der Waals surface area contributed by atoms with Crippen LogP contribution >= 0.6 is 19.4 Å². The molecule has 0 heterocycles. The number of carbonyl (C=O) groups is 1. The smallest absolute Gasteiger partial charge is 0.220 e. The van der Waals surface area contributed by atoms with Gasteiger partial charge in [-0.2, -0.15) is 0 Å². The van der Waals surface area contributed by atoms with Gasteiger partial charge in [-0.15, -0.1) is 0 Å². The molecular formula is C27H43ClNO5P-2. The van der Waals surface area contributed by atoms with Gasteiger partial charge in [-0.05, 0) is 56.2 Å². The van der Waals surface area contributed by atoms with Gasteiger partial charge in [-0.25, -0.2) is 0 Å². The van der Waals surface area contributed by atoms with Gasteiger partial charge in [0.15, 0.2) is 0 Å². The molecule has 0 aliphatic carbocycles. The number of nitrogens with one attached hydrogen (secondary N) is 1. The fourth-order valence-corrected chi connectivity index (χ4v) is 4.38. The van der Waals surface area contributed by atoms with Crippen LogP contribution in [0.3, 0.4) is 0 Å². The normalized spacial score (nSPS) is 12.8.